The number of hydroxylamine groups is 1. The monoisotopic (exact) mass is 318 g/mol. The predicted octanol–water partition coefficient (Wildman–Crippen LogP) is 2.79. The normalized spacial score (nSPS) is 11.7. The summed E-state index contributed by atoms with van der Waals surface area (Å²) >= 11 is 0. The summed E-state index contributed by atoms with van der Waals surface area (Å²) in [6.45, 7) is 8.68. The molecule has 0 aliphatic heterocycles. The molecule has 0 aliphatic carbocycles. The van der Waals surface area contributed by atoms with Gasteiger partial charge in [0.2, 0.25) is 0 Å². The molecule has 23 heavy (non-hydrogen) atoms. The molecule has 3 N–H and O–H groups in total. The summed E-state index contributed by atoms with van der Waals surface area (Å²) in [5, 5.41) is 11.7. The van der Waals surface area contributed by atoms with E-state index >= 15 is 0 Å². The second-order valence-corrected chi connectivity index (χ2v) is 6.99. The number of imidazole rings is 1. The number of anilines is 1. The molecular weight excluding hydrogens is 292 g/mol. The van der Waals surface area contributed by atoms with Crippen LogP contribution in [0.2, 0.25) is 0 Å². The summed E-state index contributed by atoms with van der Waals surface area (Å²) in [4.78, 5) is 15.9. The smallest absolute Gasteiger partial charge is 0.262 e. The lowest BCUT2D eigenvalue weighted by atomic mass is 9.90. The largest absolute Gasteiger partial charge is 0.359 e. The zero-order chi connectivity index (χ0) is 17.0. The van der Waals surface area contributed by atoms with Gasteiger partial charge < -0.3 is 5.32 Å². The molecule has 2 aromatic heterocycles. The minimum Gasteiger partial charge on any atom is -0.359 e. The first-order valence-electron chi connectivity index (χ1n) is 8.01. The van der Waals surface area contributed by atoms with Crippen molar-refractivity contribution in [3.63, 3.8) is 0 Å². The molecule has 6 heteroatoms. The summed E-state index contributed by atoms with van der Waals surface area (Å²) in [6, 6.07) is 6.11. The number of aryl methyl sites for hydroxylation is 1. The Bertz CT molecular complexity index is 686. The van der Waals surface area contributed by atoms with E-state index in [4.69, 9.17) is 5.21 Å². The number of aromatic nitrogens is 2. The standard InChI is InChI=1S/C17H26N4O2/c1-5-7-12-8-6-9-14-19-16(18-11-15(22)20-23)13(21(12)14)10-17(2,3)4/h6,8-9,18,23H,5,7,10-11H2,1-4H3,(H,20,22). The van der Waals surface area contributed by atoms with E-state index in [9.17, 15) is 4.79 Å². The van der Waals surface area contributed by atoms with Gasteiger partial charge in [0.15, 0.2) is 0 Å². The van der Waals surface area contributed by atoms with Crippen LogP contribution in [0.4, 0.5) is 5.82 Å². The van der Waals surface area contributed by atoms with Crippen molar-refractivity contribution in [2.75, 3.05) is 11.9 Å². The topological polar surface area (TPSA) is 78.7 Å². The Labute approximate surface area is 136 Å². The molecule has 0 saturated carbocycles. The molecule has 0 unspecified atom stereocenters. The minimum atomic E-state index is -0.488. The Morgan fingerprint density at radius 3 is 2.70 bits per heavy atom. The Balaban J connectivity index is 2.50. The molecule has 2 aromatic rings. The van der Waals surface area contributed by atoms with Crippen LogP contribution in [0.25, 0.3) is 5.65 Å². The van der Waals surface area contributed by atoms with Crippen LogP contribution in [0, 0.1) is 5.41 Å². The number of fused-ring (bicyclic) bond motifs is 1. The number of carbonyl (C=O) groups excluding carboxylic acids is 1. The number of amides is 1. The van der Waals surface area contributed by atoms with Crippen LogP contribution in [0.3, 0.4) is 0 Å². The molecule has 0 atom stereocenters. The summed E-state index contributed by atoms with van der Waals surface area (Å²) in [5.74, 6) is 0.213. The first-order chi connectivity index (χ1) is 10.9. The van der Waals surface area contributed by atoms with Crippen LogP contribution in [0.15, 0.2) is 18.2 Å². The van der Waals surface area contributed by atoms with Crippen molar-refractivity contribution < 1.29 is 10.0 Å². The number of rotatable bonds is 6. The third-order valence-electron chi connectivity index (χ3n) is 3.56. The third-order valence-corrected chi connectivity index (χ3v) is 3.56. The molecule has 0 aromatic carbocycles. The van der Waals surface area contributed by atoms with Gasteiger partial charge in [-0.25, -0.2) is 10.5 Å². The third kappa shape index (κ3) is 4.22. The van der Waals surface area contributed by atoms with Gasteiger partial charge in [-0.1, -0.05) is 40.2 Å². The molecule has 6 nitrogen and oxygen atoms in total. The lowest BCUT2D eigenvalue weighted by Crippen LogP contribution is -2.27. The van der Waals surface area contributed by atoms with E-state index in [1.54, 1.807) is 5.48 Å². The zero-order valence-corrected chi connectivity index (χ0v) is 14.3. The molecule has 2 heterocycles. The minimum absolute atomic E-state index is 0.0133. The van der Waals surface area contributed by atoms with Gasteiger partial charge in [-0.2, -0.15) is 0 Å². The van der Waals surface area contributed by atoms with Gasteiger partial charge in [-0.3, -0.25) is 14.4 Å². The quantitative estimate of drug-likeness (QED) is 0.565. The number of hydrogen-bond acceptors (Lipinski definition) is 4. The zero-order valence-electron chi connectivity index (χ0n) is 14.3. The van der Waals surface area contributed by atoms with Crippen molar-refractivity contribution in [1.82, 2.24) is 14.9 Å². The van der Waals surface area contributed by atoms with Crippen molar-refractivity contribution in [1.29, 1.82) is 0 Å². The first-order valence-corrected chi connectivity index (χ1v) is 8.01. The maximum atomic E-state index is 11.3. The Kier molecular flexibility index (Phi) is 5.26. The number of hydrogen-bond donors (Lipinski definition) is 3. The van der Waals surface area contributed by atoms with E-state index in [2.05, 4.69) is 48.5 Å². The van der Waals surface area contributed by atoms with Crippen molar-refractivity contribution >= 4 is 17.4 Å². The molecule has 0 saturated heterocycles. The molecular formula is C17H26N4O2. The second-order valence-electron chi connectivity index (χ2n) is 6.99. The molecule has 0 fully saturated rings. The molecule has 0 radical (unpaired) electrons. The van der Waals surface area contributed by atoms with E-state index in [0.717, 1.165) is 30.6 Å². The van der Waals surface area contributed by atoms with Crippen LogP contribution < -0.4 is 10.8 Å². The van der Waals surface area contributed by atoms with Crippen molar-refractivity contribution in [2.24, 2.45) is 5.41 Å². The molecule has 126 valence electrons. The lowest BCUT2D eigenvalue weighted by Gasteiger charge is -2.20. The van der Waals surface area contributed by atoms with Gasteiger partial charge in [0, 0.05) is 5.69 Å². The Hall–Kier alpha value is -2.08. The van der Waals surface area contributed by atoms with E-state index in [0.29, 0.717) is 5.82 Å². The van der Waals surface area contributed by atoms with E-state index in [1.807, 2.05) is 12.1 Å². The van der Waals surface area contributed by atoms with Crippen LogP contribution in [-0.4, -0.2) is 27.0 Å². The van der Waals surface area contributed by atoms with Gasteiger partial charge in [0.05, 0.1) is 12.2 Å². The number of nitrogens with zero attached hydrogens (tertiary/aromatic N) is 2. The number of pyridine rings is 1. The molecule has 1 amide bonds. The summed E-state index contributed by atoms with van der Waals surface area (Å²) in [5.41, 5.74) is 4.89. The highest BCUT2D eigenvalue weighted by Gasteiger charge is 2.21. The SMILES string of the molecule is CCCc1cccc2nc(NCC(=O)NO)c(CC(C)(C)C)n12. The first kappa shape index (κ1) is 17.3. The van der Waals surface area contributed by atoms with Crippen LogP contribution in [-0.2, 0) is 17.6 Å². The average Bonchev–Trinajstić information content (AvgIpc) is 2.82. The maximum Gasteiger partial charge on any atom is 0.262 e. The molecule has 2 rings (SSSR count). The maximum absolute atomic E-state index is 11.3. The second kappa shape index (κ2) is 7.00. The van der Waals surface area contributed by atoms with Gasteiger partial charge in [-0.05, 0) is 30.4 Å². The van der Waals surface area contributed by atoms with Gasteiger partial charge in [0.1, 0.15) is 11.5 Å². The average molecular weight is 318 g/mol. The fourth-order valence-corrected chi connectivity index (χ4v) is 2.69. The van der Waals surface area contributed by atoms with Crippen molar-refractivity contribution in [3.8, 4) is 0 Å². The van der Waals surface area contributed by atoms with Crippen molar-refractivity contribution in [2.45, 2.75) is 47.0 Å². The van der Waals surface area contributed by atoms with Gasteiger partial charge >= 0.3 is 0 Å². The van der Waals surface area contributed by atoms with Gasteiger partial charge in [0.25, 0.3) is 5.91 Å². The van der Waals surface area contributed by atoms with E-state index < -0.39 is 5.91 Å². The fourth-order valence-electron chi connectivity index (χ4n) is 2.69. The Morgan fingerprint density at radius 2 is 2.09 bits per heavy atom. The highest BCUT2D eigenvalue weighted by molar-refractivity contribution is 5.79. The van der Waals surface area contributed by atoms with E-state index in [1.165, 1.54) is 5.69 Å². The van der Waals surface area contributed by atoms with Crippen molar-refractivity contribution in [3.05, 3.63) is 29.6 Å². The van der Waals surface area contributed by atoms with E-state index in [-0.39, 0.29) is 12.0 Å². The summed E-state index contributed by atoms with van der Waals surface area (Å²) in [6.07, 6.45) is 2.86. The summed E-state index contributed by atoms with van der Waals surface area (Å²) in [7, 11) is 0. The van der Waals surface area contributed by atoms with Gasteiger partial charge in [-0.15, -0.1) is 0 Å². The summed E-state index contributed by atoms with van der Waals surface area (Å²) < 4.78 is 2.19. The highest BCUT2D eigenvalue weighted by Crippen LogP contribution is 2.28. The fraction of sp³-hybridized carbons (Fsp3) is 0.529. The molecule has 0 spiro atoms. The van der Waals surface area contributed by atoms with Crippen LogP contribution in [0.1, 0.15) is 45.5 Å². The lowest BCUT2D eigenvalue weighted by molar-refractivity contribution is -0.127. The number of carbonyl (C=O) groups is 1. The van der Waals surface area contributed by atoms with Crippen LogP contribution in [0.5, 0.6) is 0 Å². The molecule has 0 aliphatic rings. The number of nitrogens with one attached hydrogen (secondary N) is 2. The van der Waals surface area contributed by atoms with Crippen LogP contribution >= 0.6 is 0 Å². The Morgan fingerprint density at radius 1 is 1.35 bits per heavy atom. The molecule has 0 bridgehead atoms. The highest BCUT2D eigenvalue weighted by atomic mass is 16.5. The predicted molar refractivity (Wildman–Crippen MR) is 90.8 cm³/mol.